The summed E-state index contributed by atoms with van der Waals surface area (Å²) in [5.41, 5.74) is 7.80. The number of aryl methyl sites for hydroxylation is 1. The first kappa shape index (κ1) is 23.6. The van der Waals surface area contributed by atoms with Crippen molar-refractivity contribution >= 4 is 23.0 Å². The number of nitrogens with one attached hydrogen (secondary N) is 1. The van der Waals surface area contributed by atoms with Crippen LogP contribution in [0.2, 0.25) is 0 Å². The molecule has 1 saturated heterocycles. The Kier molecular flexibility index (Phi) is 7.37. The number of piperazine rings is 1. The number of nitrogens with zero attached hydrogens (tertiary/aromatic N) is 3. The van der Waals surface area contributed by atoms with Gasteiger partial charge in [0.25, 0.3) is 0 Å². The molecule has 0 bridgehead atoms. The van der Waals surface area contributed by atoms with Crippen LogP contribution in [0.1, 0.15) is 32.9 Å². The maximum Gasteiger partial charge on any atom is 0.410 e. The van der Waals surface area contributed by atoms with Crippen LogP contribution in [-0.4, -0.2) is 79.4 Å². The van der Waals surface area contributed by atoms with Crippen LogP contribution < -0.4 is 15.2 Å². The second-order valence-corrected chi connectivity index (χ2v) is 8.88. The van der Waals surface area contributed by atoms with E-state index in [9.17, 15) is 4.79 Å². The molecular formula is C23H35N5O4. The third-order valence-electron chi connectivity index (χ3n) is 5.32. The van der Waals surface area contributed by atoms with E-state index in [1.807, 2.05) is 37.8 Å². The van der Waals surface area contributed by atoms with Crippen molar-refractivity contribution in [2.24, 2.45) is 10.7 Å². The zero-order valence-corrected chi connectivity index (χ0v) is 19.7. The van der Waals surface area contributed by atoms with Crippen LogP contribution >= 0.6 is 0 Å². The van der Waals surface area contributed by atoms with Gasteiger partial charge in [-0.25, -0.2) is 4.79 Å². The van der Waals surface area contributed by atoms with Gasteiger partial charge in [-0.3, -0.25) is 4.99 Å². The lowest BCUT2D eigenvalue weighted by atomic mass is 10.2. The minimum Gasteiger partial charge on any atom is -0.497 e. The average molecular weight is 446 g/mol. The van der Waals surface area contributed by atoms with E-state index in [1.54, 1.807) is 19.1 Å². The number of aliphatic imine (C=N–C) groups is 1. The number of H-pyrrole nitrogens is 1. The highest BCUT2D eigenvalue weighted by Gasteiger charge is 2.26. The number of hydrogen-bond donors (Lipinski definition) is 2. The molecule has 32 heavy (non-hydrogen) atoms. The Hall–Kier alpha value is -3.10. The minimum absolute atomic E-state index is 0.278. The molecule has 0 aliphatic carbocycles. The number of rotatable bonds is 6. The number of carbonyl (C=O) groups excluding carboxylic acids is 1. The summed E-state index contributed by atoms with van der Waals surface area (Å²) >= 11 is 0. The fourth-order valence-electron chi connectivity index (χ4n) is 3.67. The molecule has 1 amide bonds. The summed E-state index contributed by atoms with van der Waals surface area (Å²) in [6, 6.07) is 5.96. The fraction of sp³-hybridized carbons (Fsp3) is 0.565. The zero-order valence-electron chi connectivity index (χ0n) is 19.7. The molecule has 9 heteroatoms. The summed E-state index contributed by atoms with van der Waals surface area (Å²) in [5, 5.41) is 1.04. The maximum absolute atomic E-state index is 12.2. The van der Waals surface area contributed by atoms with Crippen molar-refractivity contribution in [3.8, 4) is 11.5 Å². The van der Waals surface area contributed by atoms with Gasteiger partial charge in [-0.1, -0.05) is 0 Å². The number of nitrogens with two attached hydrogens (primary N) is 1. The number of ether oxygens (including phenoxy) is 3. The van der Waals surface area contributed by atoms with E-state index in [2.05, 4.69) is 16.0 Å². The molecule has 176 valence electrons. The van der Waals surface area contributed by atoms with Crippen LogP contribution in [0.3, 0.4) is 0 Å². The summed E-state index contributed by atoms with van der Waals surface area (Å²) in [6.45, 7) is 8.69. The third-order valence-corrected chi connectivity index (χ3v) is 5.32. The first-order chi connectivity index (χ1) is 15.2. The van der Waals surface area contributed by atoms with Gasteiger partial charge >= 0.3 is 6.09 Å². The third kappa shape index (κ3) is 5.99. The normalized spacial score (nSPS) is 15.2. The molecule has 1 aromatic carbocycles. The van der Waals surface area contributed by atoms with E-state index in [1.165, 1.54) is 0 Å². The predicted molar refractivity (Wildman–Crippen MR) is 126 cm³/mol. The lowest BCUT2D eigenvalue weighted by molar-refractivity contribution is 0.0186. The summed E-state index contributed by atoms with van der Waals surface area (Å²) in [7, 11) is 3.30. The predicted octanol–water partition coefficient (Wildman–Crippen LogP) is 2.99. The Morgan fingerprint density at radius 2 is 1.78 bits per heavy atom. The van der Waals surface area contributed by atoms with Crippen LogP contribution in [0.5, 0.6) is 11.5 Å². The Balaban J connectivity index is 1.48. The van der Waals surface area contributed by atoms with Crippen molar-refractivity contribution in [2.75, 3.05) is 46.9 Å². The molecule has 0 unspecified atom stereocenters. The zero-order chi connectivity index (χ0) is 23.3. The molecule has 9 nitrogen and oxygen atoms in total. The number of aromatic nitrogens is 1. The fourth-order valence-corrected chi connectivity index (χ4v) is 3.67. The van der Waals surface area contributed by atoms with Crippen molar-refractivity contribution < 1.29 is 19.0 Å². The summed E-state index contributed by atoms with van der Waals surface area (Å²) in [6.07, 6.45) is 1.44. The van der Waals surface area contributed by atoms with Crippen molar-refractivity contribution in [2.45, 2.75) is 39.2 Å². The smallest absolute Gasteiger partial charge is 0.410 e. The molecule has 0 atom stereocenters. The van der Waals surface area contributed by atoms with Gasteiger partial charge in [0.15, 0.2) is 5.96 Å². The Morgan fingerprint density at radius 3 is 2.41 bits per heavy atom. The summed E-state index contributed by atoms with van der Waals surface area (Å²) < 4.78 is 16.2. The van der Waals surface area contributed by atoms with E-state index in [0.29, 0.717) is 38.7 Å². The van der Waals surface area contributed by atoms with Gasteiger partial charge < -0.3 is 34.7 Å². The van der Waals surface area contributed by atoms with Crippen molar-refractivity contribution in [3.05, 3.63) is 23.9 Å². The molecule has 2 heterocycles. The van der Waals surface area contributed by atoms with Gasteiger partial charge in [-0.15, -0.1) is 0 Å². The molecule has 1 aliphatic rings. The SMILES string of the molecule is COc1cc(OC)c2cc(CCCN=C(N)N3CCN(C(=O)OC(C)(C)C)CC3)[nH]c2c1. The van der Waals surface area contributed by atoms with Crippen molar-refractivity contribution in [3.63, 3.8) is 0 Å². The van der Waals surface area contributed by atoms with Crippen LogP contribution in [0, 0.1) is 0 Å². The number of fused-ring (bicyclic) bond motifs is 1. The van der Waals surface area contributed by atoms with Gasteiger partial charge in [-0.05, 0) is 39.7 Å². The van der Waals surface area contributed by atoms with Crippen LogP contribution in [0.15, 0.2) is 23.2 Å². The molecular weight excluding hydrogens is 410 g/mol. The van der Waals surface area contributed by atoms with Crippen LogP contribution in [0.25, 0.3) is 10.9 Å². The summed E-state index contributed by atoms with van der Waals surface area (Å²) in [5.74, 6) is 2.07. The molecule has 1 aliphatic heterocycles. The Morgan fingerprint density at radius 1 is 1.09 bits per heavy atom. The van der Waals surface area contributed by atoms with E-state index < -0.39 is 5.60 Å². The van der Waals surface area contributed by atoms with Gasteiger partial charge in [0.1, 0.15) is 17.1 Å². The quantitative estimate of drug-likeness (QED) is 0.402. The monoisotopic (exact) mass is 445 g/mol. The highest BCUT2D eigenvalue weighted by atomic mass is 16.6. The van der Waals surface area contributed by atoms with E-state index in [0.717, 1.165) is 40.9 Å². The number of benzene rings is 1. The molecule has 0 spiro atoms. The Bertz CT molecular complexity index is 955. The first-order valence-electron chi connectivity index (χ1n) is 11.0. The largest absolute Gasteiger partial charge is 0.497 e. The molecule has 2 aromatic rings. The highest BCUT2D eigenvalue weighted by Crippen LogP contribution is 2.31. The molecule has 3 N–H and O–H groups in total. The van der Waals surface area contributed by atoms with Gasteiger partial charge in [0, 0.05) is 55.9 Å². The lowest BCUT2D eigenvalue weighted by Gasteiger charge is -2.36. The van der Waals surface area contributed by atoms with Gasteiger partial charge in [0.05, 0.1) is 19.7 Å². The standard InChI is InChI=1S/C23H35N5O4/c1-23(2,3)32-22(29)28-11-9-27(10-12-28)21(24)25-8-6-7-16-13-18-19(26-16)14-17(30-4)15-20(18)31-5/h13-15,26H,6-12H2,1-5H3,(H2,24,25). The average Bonchev–Trinajstić information content (AvgIpc) is 3.17. The number of amides is 1. The molecule has 0 saturated carbocycles. The highest BCUT2D eigenvalue weighted by molar-refractivity contribution is 5.88. The topological polar surface area (TPSA) is 105 Å². The van der Waals surface area contributed by atoms with Crippen molar-refractivity contribution in [1.82, 2.24) is 14.8 Å². The number of hydrogen-bond acceptors (Lipinski definition) is 5. The number of aromatic amines is 1. The van der Waals surface area contributed by atoms with E-state index in [-0.39, 0.29) is 6.09 Å². The molecule has 1 fully saturated rings. The summed E-state index contributed by atoms with van der Waals surface area (Å²) in [4.78, 5) is 23.9. The van der Waals surface area contributed by atoms with E-state index >= 15 is 0 Å². The van der Waals surface area contributed by atoms with Crippen LogP contribution in [0.4, 0.5) is 4.79 Å². The van der Waals surface area contributed by atoms with Crippen LogP contribution in [-0.2, 0) is 11.2 Å². The number of carbonyl (C=O) groups is 1. The molecule has 0 radical (unpaired) electrons. The van der Waals surface area contributed by atoms with Gasteiger partial charge in [0.2, 0.25) is 0 Å². The number of methoxy groups -OCH3 is 2. The van der Waals surface area contributed by atoms with Gasteiger partial charge in [-0.2, -0.15) is 0 Å². The lowest BCUT2D eigenvalue weighted by Crippen LogP contribution is -2.53. The second-order valence-electron chi connectivity index (χ2n) is 8.88. The second kappa shape index (κ2) is 10.0. The van der Waals surface area contributed by atoms with Crippen molar-refractivity contribution in [1.29, 1.82) is 0 Å². The molecule has 1 aromatic heterocycles. The minimum atomic E-state index is -0.489. The molecule has 3 rings (SSSR count). The maximum atomic E-state index is 12.2. The first-order valence-corrected chi connectivity index (χ1v) is 11.0. The number of guanidine groups is 1. The van der Waals surface area contributed by atoms with E-state index in [4.69, 9.17) is 19.9 Å². The Labute approximate surface area is 189 Å².